The van der Waals surface area contributed by atoms with Gasteiger partial charge in [-0.05, 0) is 27.7 Å². The average Bonchev–Trinajstić information content (AvgIpc) is 2.45. The normalized spacial score (nSPS) is 15.7. The predicted molar refractivity (Wildman–Crippen MR) is 83.3 cm³/mol. The second-order valence-corrected chi connectivity index (χ2v) is 6.31. The molecule has 0 aliphatic carbocycles. The van der Waals surface area contributed by atoms with Crippen LogP contribution in [0.5, 0.6) is 6.01 Å². The zero-order chi connectivity index (χ0) is 16.3. The summed E-state index contributed by atoms with van der Waals surface area (Å²) in [6, 6.07) is 2.29. The zero-order valence-electron chi connectivity index (χ0n) is 13.9. The molecule has 1 aromatic heterocycles. The highest BCUT2D eigenvalue weighted by molar-refractivity contribution is 5.68. The molecule has 0 radical (unpaired) electrons. The highest BCUT2D eigenvalue weighted by Crippen LogP contribution is 2.18. The molecule has 0 saturated carbocycles. The minimum Gasteiger partial charge on any atom is -0.467 e. The number of piperazine rings is 1. The number of rotatable bonds is 2. The maximum Gasteiger partial charge on any atom is 0.410 e. The molecular formula is C15H24N4O3. The molecule has 1 saturated heterocycles. The van der Waals surface area contributed by atoms with E-state index in [1.165, 1.54) is 0 Å². The number of anilines is 1. The van der Waals surface area contributed by atoms with E-state index in [-0.39, 0.29) is 6.09 Å². The van der Waals surface area contributed by atoms with E-state index in [1.54, 1.807) is 12.0 Å². The summed E-state index contributed by atoms with van der Waals surface area (Å²) in [5.74, 6) is 0.827. The summed E-state index contributed by atoms with van der Waals surface area (Å²) < 4.78 is 10.5. The summed E-state index contributed by atoms with van der Waals surface area (Å²) in [5.41, 5.74) is 0.391. The van der Waals surface area contributed by atoms with E-state index in [0.29, 0.717) is 32.2 Å². The van der Waals surface area contributed by atoms with Crippen LogP contribution in [0.1, 0.15) is 26.5 Å². The van der Waals surface area contributed by atoms with Crippen molar-refractivity contribution in [3.8, 4) is 6.01 Å². The van der Waals surface area contributed by atoms with Crippen LogP contribution in [0.4, 0.5) is 10.6 Å². The maximum atomic E-state index is 12.1. The van der Waals surface area contributed by atoms with Crippen LogP contribution in [0, 0.1) is 6.92 Å². The van der Waals surface area contributed by atoms with E-state index >= 15 is 0 Å². The third-order valence-corrected chi connectivity index (χ3v) is 3.26. The van der Waals surface area contributed by atoms with Crippen molar-refractivity contribution in [2.45, 2.75) is 33.3 Å². The average molecular weight is 308 g/mol. The smallest absolute Gasteiger partial charge is 0.410 e. The number of methoxy groups -OCH3 is 1. The largest absolute Gasteiger partial charge is 0.467 e. The molecule has 0 N–H and O–H groups in total. The molecule has 1 aliphatic heterocycles. The number of aryl methyl sites for hydroxylation is 1. The molecular weight excluding hydrogens is 284 g/mol. The van der Waals surface area contributed by atoms with Gasteiger partial charge in [-0.2, -0.15) is 4.98 Å². The van der Waals surface area contributed by atoms with Gasteiger partial charge in [0, 0.05) is 37.9 Å². The predicted octanol–water partition coefficient (Wildman–Crippen LogP) is 1.85. The topological polar surface area (TPSA) is 67.8 Å². The molecule has 0 bridgehead atoms. The van der Waals surface area contributed by atoms with Crippen LogP contribution in [0.25, 0.3) is 0 Å². The number of carbonyl (C=O) groups is 1. The molecule has 0 atom stereocenters. The Labute approximate surface area is 131 Å². The van der Waals surface area contributed by atoms with Gasteiger partial charge in [0.1, 0.15) is 11.4 Å². The molecule has 1 amide bonds. The van der Waals surface area contributed by atoms with E-state index in [2.05, 4.69) is 14.9 Å². The van der Waals surface area contributed by atoms with Crippen molar-refractivity contribution in [3.05, 3.63) is 11.8 Å². The van der Waals surface area contributed by atoms with E-state index in [1.807, 2.05) is 33.8 Å². The van der Waals surface area contributed by atoms with Gasteiger partial charge >= 0.3 is 12.1 Å². The van der Waals surface area contributed by atoms with Crippen molar-refractivity contribution < 1.29 is 14.3 Å². The van der Waals surface area contributed by atoms with Crippen LogP contribution in [0.2, 0.25) is 0 Å². The molecule has 2 heterocycles. The second-order valence-electron chi connectivity index (χ2n) is 6.31. The van der Waals surface area contributed by atoms with E-state index in [9.17, 15) is 4.79 Å². The molecule has 7 nitrogen and oxygen atoms in total. The van der Waals surface area contributed by atoms with Gasteiger partial charge in [-0.25, -0.2) is 9.78 Å². The monoisotopic (exact) mass is 308 g/mol. The molecule has 0 spiro atoms. The fourth-order valence-corrected chi connectivity index (χ4v) is 2.22. The molecule has 0 aromatic carbocycles. The van der Waals surface area contributed by atoms with Gasteiger partial charge in [-0.1, -0.05) is 0 Å². The molecule has 1 fully saturated rings. The number of carbonyl (C=O) groups excluding carboxylic acids is 1. The van der Waals surface area contributed by atoms with Crippen LogP contribution >= 0.6 is 0 Å². The summed E-state index contributed by atoms with van der Waals surface area (Å²) in [4.78, 5) is 24.5. The number of aromatic nitrogens is 2. The molecule has 2 rings (SSSR count). The maximum absolute atomic E-state index is 12.1. The van der Waals surface area contributed by atoms with Gasteiger partial charge in [0.15, 0.2) is 0 Å². The zero-order valence-corrected chi connectivity index (χ0v) is 13.9. The van der Waals surface area contributed by atoms with Gasteiger partial charge in [0.25, 0.3) is 0 Å². The molecule has 7 heteroatoms. The lowest BCUT2D eigenvalue weighted by atomic mass is 10.2. The number of hydrogen-bond acceptors (Lipinski definition) is 6. The molecule has 22 heavy (non-hydrogen) atoms. The van der Waals surface area contributed by atoms with Gasteiger partial charge < -0.3 is 19.3 Å². The first-order valence-corrected chi connectivity index (χ1v) is 7.41. The number of hydrogen-bond donors (Lipinski definition) is 0. The molecule has 0 unspecified atom stereocenters. The van der Waals surface area contributed by atoms with Gasteiger partial charge in [0.05, 0.1) is 7.11 Å². The van der Waals surface area contributed by atoms with Gasteiger partial charge in [-0.15, -0.1) is 0 Å². The SMILES string of the molecule is COc1nc(C)cc(N2CCN(C(=O)OC(C)(C)C)CC2)n1. The van der Waals surface area contributed by atoms with E-state index in [4.69, 9.17) is 9.47 Å². The van der Waals surface area contributed by atoms with Gasteiger partial charge in [0.2, 0.25) is 0 Å². The number of amides is 1. The highest BCUT2D eigenvalue weighted by atomic mass is 16.6. The van der Waals surface area contributed by atoms with E-state index in [0.717, 1.165) is 11.5 Å². The number of ether oxygens (including phenoxy) is 2. The van der Waals surface area contributed by atoms with Crippen molar-refractivity contribution in [3.63, 3.8) is 0 Å². The van der Waals surface area contributed by atoms with Gasteiger partial charge in [-0.3, -0.25) is 0 Å². The van der Waals surface area contributed by atoms with Crippen molar-refractivity contribution >= 4 is 11.9 Å². The quantitative estimate of drug-likeness (QED) is 0.830. The standard InChI is InChI=1S/C15H24N4O3/c1-11-10-12(17-13(16-11)21-5)18-6-8-19(9-7-18)14(20)22-15(2,3)4/h10H,6-9H2,1-5H3. The summed E-state index contributed by atoms with van der Waals surface area (Å²) in [6.45, 7) is 10.2. The Morgan fingerprint density at radius 3 is 2.36 bits per heavy atom. The fraction of sp³-hybridized carbons (Fsp3) is 0.667. The Balaban J connectivity index is 1.97. The van der Waals surface area contributed by atoms with Crippen molar-refractivity contribution in [1.82, 2.24) is 14.9 Å². The first-order chi connectivity index (χ1) is 10.3. The first-order valence-electron chi connectivity index (χ1n) is 7.41. The Morgan fingerprint density at radius 1 is 1.18 bits per heavy atom. The Morgan fingerprint density at radius 2 is 1.82 bits per heavy atom. The van der Waals surface area contributed by atoms with E-state index < -0.39 is 5.60 Å². The number of nitrogens with zero attached hydrogens (tertiary/aromatic N) is 4. The Kier molecular flexibility index (Phi) is 4.73. The summed E-state index contributed by atoms with van der Waals surface area (Å²) in [5, 5.41) is 0. The third kappa shape index (κ3) is 4.22. The van der Waals surface area contributed by atoms with Crippen LogP contribution in [-0.4, -0.2) is 59.9 Å². The minimum absolute atomic E-state index is 0.261. The summed E-state index contributed by atoms with van der Waals surface area (Å²) >= 11 is 0. The third-order valence-electron chi connectivity index (χ3n) is 3.26. The van der Waals surface area contributed by atoms with Crippen LogP contribution < -0.4 is 9.64 Å². The lowest BCUT2D eigenvalue weighted by molar-refractivity contribution is 0.0240. The second kappa shape index (κ2) is 6.37. The molecule has 1 aliphatic rings. The lowest BCUT2D eigenvalue weighted by Gasteiger charge is -2.36. The highest BCUT2D eigenvalue weighted by Gasteiger charge is 2.26. The Hall–Kier alpha value is -2.05. The van der Waals surface area contributed by atoms with Crippen LogP contribution in [0.15, 0.2) is 6.07 Å². The minimum atomic E-state index is -0.467. The molecule has 122 valence electrons. The lowest BCUT2D eigenvalue weighted by Crippen LogP contribution is -2.50. The Bertz CT molecular complexity index is 534. The fourth-order valence-electron chi connectivity index (χ4n) is 2.22. The van der Waals surface area contributed by atoms with Crippen molar-refractivity contribution in [2.75, 3.05) is 38.2 Å². The summed E-state index contributed by atoms with van der Waals surface area (Å²) in [7, 11) is 1.55. The first kappa shape index (κ1) is 16.3. The van der Waals surface area contributed by atoms with Crippen molar-refractivity contribution in [2.24, 2.45) is 0 Å². The van der Waals surface area contributed by atoms with Crippen LogP contribution in [0.3, 0.4) is 0 Å². The van der Waals surface area contributed by atoms with Crippen LogP contribution in [-0.2, 0) is 4.74 Å². The molecule has 1 aromatic rings. The van der Waals surface area contributed by atoms with Crippen molar-refractivity contribution in [1.29, 1.82) is 0 Å². The summed E-state index contributed by atoms with van der Waals surface area (Å²) in [6.07, 6.45) is -0.261.